The maximum atomic E-state index is 10.8. The van der Waals surface area contributed by atoms with E-state index in [2.05, 4.69) is 10.2 Å². The van der Waals surface area contributed by atoms with Crippen LogP contribution < -0.4 is 11.1 Å². The number of primary amides is 1. The third-order valence-corrected chi connectivity index (χ3v) is 3.14. The first-order valence-corrected chi connectivity index (χ1v) is 5.01. The number of likely N-dealkylation sites (tertiary alicyclic amines) is 1. The highest BCUT2D eigenvalue weighted by Gasteiger charge is 2.35. The molecule has 2 aliphatic rings. The van der Waals surface area contributed by atoms with Crippen LogP contribution in [0.3, 0.4) is 0 Å². The van der Waals surface area contributed by atoms with Crippen molar-refractivity contribution in [3.05, 3.63) is 0 Å². The van der Waals surface area contributed by atoms with Gasteiger partial charge in [-0.05, 0) is 25.9 Å². The van der Waals surface area contributed by atoms with Crippen molar-refractivity contribution in [1.29, 1.82) is 0 Å². The van der Waals surface area contributed by atoms with Crippen LogP contribution in [0.4, 0.5) is 0 Å². The van der Waals surface area contributed by atoms with E-state index in [9.17, 15) is 4.79 Å². The average molecular weight is 256 g/mol. The summed E-state index contributed by atoms with van der Waals surface area (Å²) >= 11 is 0. The number of amides is 1. The van der Waals surface area contributed by atoms with Crippen molar-refractivity contribution in [3.63, 3.8) is 0 Å². The van der Waals surface area contributed by atoms with E-state index in [-0.39, 0.29) is 36.6 Å². The molecule has 2 heterocycles. The third-order valence-electron chi connectivity index (χ3n) is 3.14. The van der Waals surface area contributed by atoms with Crippen LogP contribution in [-0.2, 0) is 4.79 Å². The zero-order valence-electron chi connectivity index (χ0n) is 8.65. The number of nitrogens with one attached hydrogen (secondary N) is 1. The van der Waals surface area contributed by atoms with Gasteiger partial charge in [-0.25, -0.2) is 0 Å². The van der Waals surface area contributed by atoms with Gasteiger partial charge in [0.15, 0.2) is 0 Å². The van der Waals surface area contributed by atoms with Gasteiger partial charge in [-0.3, -0.25) is 9.69 Å². The maximum absolute atomic E-state index is 10.8. The number of nitrogens with two attached hydrogens (primary N) is 1. The number of carbonyl (C=O) groups excluding carboxylic acids is 1. The second-order valence-corrected chi connectivity index (χ2v) is 4.03. The lowest BCUT2D eigenvalue weighted by Gasteiger charge is -2.44. The molecule has 0 aromatic heterocycles. The van der Waals surface area contributed by atoms with Crippen LogP contribution >= 0.6 is 24.8 Å². The summed E-state index contributed by atoms with van der Waals surface area (Å²) in [6, 6.07) is 0.692. The molecule has 0 saturated carbocycles. The zero-order chi connectivity index (χ0) is 9.26. The normalized spacial score (nSPS) is 23.5. The summed E-state index contributed by atoms with van der Waals surface area (Å²) in [5, 5.41) is 3.33. The average Bonchev–Trinajstić information content (AvgIpc) is 2.02. The fraction of sp³-hybridized carbons (Fsp3) is 0.889. The predicted octanol–water partition coefficient (Wildman–Crippen LogP) is -0.000900. The Balaban J connectivity index is 0.000000980. The van der Waals surface area contributed by atoms with Gasteiger partial charge in [0.2, 0.25) is 5.91 Å². The van der Waals surface area contributed by atoms with Crippen LogP contribution in [0, 0.1) is 5.92 Å². The molecule has 0 atom stereocenters. The van der Waals surface area contributed by atoms with E-state index in [0.717, 1.165) is 26.2 Å². The Morgan fingerprint density at radius 1 is 1.20 bits per heavy atom. The Bertz CT molecular complexity index is 204. The molecule has 0 unspecified atom stereocenters. The van der Waals surface area contributed by atoms with Crippen LogP contribution in [0.25, 0.3) is 0 Å². The molecule has 0 bridgehead atoms. The first kappa shape index (κ1) is 15.0. The van der Waals surface area contributed by atoms with E-state index < -0.39 is 0 Å². The Labute approximate surface area is 103 Å². The third kappa shape index (κ3) is 3.48. The fourth-order valence-corrected chi connectivity index (χ4v) is 2.16. The van der Waals surface area contributed by atoms with Crippen LogP contribution in [0.15, 0.2) is 0 Å². The maximum Gasteiger partial charge on any atom is 0.223 e. The summed E-state index contributed by atoms with van der Waals surface area (Å²) in [5.74, 6) is -0.0138. The van der Waals surface area contributed by atoms with Crippen molar-refractivity contribution < 1.29 is 4.79 Å². The predicted molar refractivity (Wildman–Crippen MR) is 64.6 cm³/mol. The molecule has 90 valence electrons. The van der Waals surface area contributed by atoms with Crippen molar-refractivity contribution >= 4 is 30.7 Å². The first-order valence-electron chi connectivity index (χ1n) is 5.01. The van der Waals surface area contributed by atoms with E-state index >= 15 is 0 Å². The standard InChI is InChI=1S/C9H17N3O.2ClH/c10-9(13)7-5-12(6-7)8-1-3-11-4-2-8;;/h7-8,11H,1-6H2,(H2,10,13);2*1H. The highest BCUT2D eigenvalue weighted by Crippen LogP contribution is 2.22. The van der Waals surface area contributed by atoms with Gasteiger partial charge in [0.05, 0.1) is 5.92 Å². The smallest absolute Gasteiger partial charge is 0.223 e. The number of carbonyl (C=O) groups is 1. The van der Waals surface area contributed by atoms with E-state index in [4.69, 9.17) is 5.73 Å². The summed E-state index contributed by atoms with van der Waals surface area (Å²) in [6.07, 6.45) is 2.43. The topological polar surface area (TPSA) is 58.4 Å². The highest BCUT2D eigenvalue weighted by atomic mass is 35.5. The molecular weight excluding hydrogens is 237 g/mol. The first-order chi connectivity index (χ1) is 6.27. The Morgan fingerprint density at radius 2 is 1.73 bits per heavy atom. The van der Waals surface area contributed by atoms with Crippen molar-refractivity contribution in [2.45, 2.75) is 18.9 Å². The SMILES string of the molecule is Cl.Cl.NC(=O)C1CN(C2CCNCC2)C1. The van der Waals surface area contributed by atoms with E-state index in [1.165, 1.54) is 12.8 Å². The number of hydrogen-bond acceptors (Lipinski definition) is 3. The Morgan fingerprint density at radius 3 is 2.20 bits per heavy atom. The van der Waals surface area contributed by atoms with Gasteiger partial charge in [0, 0.05) is 19.1 Å². The van der Waals surface area contributed by atoms with Crippen molar-refractivity contribution in [1.82, 2.24) is 10.2 Å². The monoisotopic (exact) mass is 255 g/mol. The van der Waals surface area contributed by atoms with Crippen LogP contribution in [-0.4, -0.2) is 43.0 Å². The number of rotatable bonds is 2. The minimum absolute atomic E-state index is 0. The highest BCUT2D eigenvalue weighted by molar-refractivity contribution is 5.85. The molecule has 2 saturated heterocycles. The molecule has 0 radical (unpaired) electrons. The number of piperidine rings is 1. The molecular formula is C9H19Cl2N3O. The molecule has 1 amide bonds. The van der Waals surface area contributed by atoms with E-state index in [1.54, 1.807) is 0 Å². The van der Waals surface area contributed by atoms with Gasteiger partial charge in [-0.15, -0.1) is 24.8 Å². The van der Waals surface area contributed by atoms with E-state index in [1.807, 2.05) is 0 Å². The van der Waals surface area contributed by atoms with Crippen molar-refractivity contribution in [2.24, 2.45) is 11.7 Å². The lowest BCUT2D eigenvalue weighted by atomic mass is 9.93. The van der Waals surface area contributed by atoms with Crippen LogP contribution in [0.1, 0.15) is 12.8 Å². The van der Waals surface area contributed by atoms with Gasteiger partial charge in [0.25, 0.3) is 0 Å². The van der Waals surface area contributed by atoms with Gasteiger partial charge in [-0.1, -0.05) is 0 Å². The quantitative estimate of drug-likeness (QED) is 0.731. The lowest BCUT2D eigenvalue weighted by molar-refractivity contribution is -0.128. The molecule has 0 aromatic rings. The summed E-state index contributed by atoms with van der Waals surface area (Å²) < 4.78 is 0. The Hall–Kier alpha value is -0.0300. The van der Waals surface area contributed by atoms with Crippen molar-refractivity contribution in [3.8, 4) is 0 Å². The summed E-state index contributed by atoms with van der Waals surface area (Å²) in [5.41, 5.74) is 5.21. The van der Waals surface area contributed by atoms with E-state index in [0.29, 0.717) is 6.04 Å². The molecule has 0 spiro atoms. The van der Waals surface area contributed by atoms with Gasteiger partial charge in [0.1, 0.15) is 0 Å². The summed E-state index contributed by atoms with van der Waals surface area (Å²) in [4.78, 5) is 13.2. The second-order valence-electron chi connectivity index (χ2n) is 4.03. The number of hydrogen-bond donors (Lipinski definition) is 2. The second kappa shape index (κ2) is 6.53. The fourth-order valence-electron chi connectivity index (χ4n) is 2.16. The molecule has 2 aliphatic heterocycles. The largest absolute Gasteiger partial charge is 0.369 e. The molecule has 2 fully saturated rings. The number of nitrogens with zero attached hydrogens (tertiary/aromatic N) is 1. The molecule has 2 rings (SSSR count). The van der Waals surface area contributed by atoms with Gasteiger partial charge < -0.3 is 11.1 Å². The molecule has 3 N–H and O–H groups in total. The minimum Gasteiger partial charge on any atom is -0.369 e. The molecule has 0 aliphatic carbocycles. The van der Waals surface area contributed by atoms with Gasteiger partial charge in [-0.2, -0.15) is 0 Å². The summed E-state index contributed by atoms with van der Waals surface area (Å²) in [7, 11) is 0. The van der Waals surface area contributed by atoms with Crippen molar-refractivity contribution in [2.75, 3.05) is 26.2 Å². The minimum atomic E-state index is -0.134. The zero-order valence-corrected chi connectivity index (χ0v) is 10.3. The van der Waals surface area contributed by atoms with Gasteiger partial charge >= 0.3 is 0 Å². The molecule has 6 heteroatoms. The Kier molecular flexibility index (Phi) is 6.52. The molecule has 15 heavy (non-hydrogen) atoms. The molecule has 4 nitrogen and oxygen atoms in total. The number of halogens is 2. The lowest BCUT2D eigenvalue weighted by Crippen LogP contribution is -2.58. The molecule has 0 aromatic carbocycles. The van der Waals surface area contributed by atoms with Crippen LogP contribution in [0.5, 0.6) is 0 Å². The summed E-state index contributed by atoms with van der Waals surface area (Å²) in [6.45, 7) is 4.00. The van der Waals surface area contributed by atoms with Crippen LogP contribution in [0.2, 0.25) is 0 Å².